The van der Waals surface area contributed by atoms with E-state index in [0.29, 0.717) is 18.1 Å². The van der Waals surface area contributed by atoms with Gasteiger partial charge in [0.15, 0.2) is 0 Å². The minimum Gasteiger partial charge on any atom is -0.366 e. The summed E-state index contributed by atoms with van der Waals surface area (Å²) in [6.07, 6.45) is 1.82. The average Bonchev–Trinajstić information content (AvgIpc) is 2.70. The fourth-order valence-corrected chi connectivity index (χ4v) is 3.68. The van der Waals surface area contributed by atoms with E-state index >= 15 is 0 Å². The van der Waals surface area contributed by atoms with Gasteiger partial charge in [0.1, 0.15) is 0 Å². The minimum absolute atomic E-state index is 0.0730. The number of hydrogen-bond acceptors (Lipinski definition) is 3. The monoisotopic (exact) mass is 380 g/mol. The van der Waals surface area contributed by atoms with Crippen LogP contribution in [0.5, 0.6) is 0 Å². The van der Waals surface area contributed by atoms with Gasteiger partial charge in [0.25, 0.3) is 0 Å². The zero-order valence-electron chi connectivity index (χ0n) is 15.2. The number of anilines is 2. The van der Waals surface area contributed by atoms with E-state index < -0.39 is 0 Å². The summed E-state index contributed by atoms with van der Waals surface area (Å²) in [7, 11) is 0. The maximum absolute atomic E-state index is 12.6. The molecule has 1 fully saturated rings. The largest absolute Gasteiger partial charge is 0.366 e. The number of hydrogen-bond donors (Lipinski definition) is 1. The van der Waals surface area contributed by atoms with E-state index in [4.69, 9.17) is 11.6 Å². The lowest BCUT2D eigenvalue weighted by atomic mass is 10.1. The standard InChI is InChI=1S/C21H21ClN4O/c1-15-14-17(22)7-8-18(15)24-21(27)26-12-10-25(11-13-26)19-6-2-4-16-5-3-9-23-20(16)19/h2-9,14H,10-13H2,1H3,(H,24,27). The quantitative estimate of drug-likeness (QED) is 0.709. The summed E-state index contributed by atoms with van der Waals surface area (Å²) in [6.45, 7) is 4.84. The molecule has 5 nitrogen and oxygen atoms in total. The molecule has 1 N–H and O–H groups in total. The third kappa shape index (κ3) is 3.69. The highest BCUT2D eigenvalue weighted by Crippen LogP contribution is 2.26. The molecule has 1 aliphatic heterocycles. The molecule has 2 heterocycles. The fraction of sp³-hybridized carbons (Fsp3) is 0.238. The lowest BCUT2D eigenvalue weighted by Crippen LogP contribution is -2.50. The number of pyridine rings is 1. The number of halogens is 1. The van der Waals surface area contributed by atoms with Crippen LogP contribution < -0.4 is 10.2 Å². The maximum atomic E-state index is 12.6. The number of piperazine rings is 1. The van der Waals surface area contributed by atoms with Gasteiger partial charge in [0, 0.05) is 48.5 Å². The Bertz CT molecular complexity index is 978. The molecule has 0 spiro atoms. The van der Waals surface area contributed by atoms with Gasteiger partial charge < -0.3 is 15.1 Å². The first-order valence-electron chi connectivity index (χ1n) is 9.02. The summed E-state index contributed by atoms with van der Waals surface area (Å²) in [6, 6.07) is 15.7. The molecule has 6 heteroatoms. The van der Waals surface area contributed by atoms with Crippen LogP contribution in [-0.4, -0.2) is 42.1 Å². The van der Waals surface area contributed by atoms with E-state index in [1.807, 2.05) is 36.2 Å². The first-order chi connectivity index (χ1) is 13.1. The molecule has 2 aromatic carbocycles. The third-order valence-corrected chi connectivity index (χ3v) is 5.18. The van der Waals surface area contributed by atoms with E-state index in [1.54, 1.807) is 6.07 Å². The predicted octanol–water partition coefficient (Wildman–Crippen LogP) is 4.55. The van der Waals surface area contributed by atoms with Gasteiger partial charge in [0.05, 0.1) is 11.2 Å². The summed E-state index contributed by atoms with van der Waals surface area (Å²) in [4.78, 5) is 21.3. The van der Waals surface area contributed by atoms with Gasteiger partial charge in [-0.05, 0) is 42.8 Å². The van der Waals surface area contributed by atoms with Crippen LogP contribution in [0.25, 0.3) is 10.9 Å². The van der Waals surface area contributed by atoms with Gasteiger partial charge in [-0.15, -0.1) is 0 Å². The number of para-hydroxylation sites is 1. The summed E-state index contributed by atoms with van der Waals surface area (Å²) in [5.74, 6) is 0. The van der Waals surface area contributed by atoms with Crippen molar-refractivity contribution < 1.29 is 4.79 Å². The Morgan fingerprint density at radius 1 is 1.07 bits per heavy atom. The van der Waals surface area contributed by atoms with Crippen molar-refractivity contribution in [1.29, 1.82) is 0 Å². The van der Waals surface area contributed by atoms with Gasteiger partial charge >= 0.3 is 6.03 Å². The number of urea groups is 1. The van der Waals surface area contributed by atoms with E-state index in [1.165, 1.54) is 0 Å². The number of rotatable bonds is 2. The molecule has 138 valence electrons. The first kappa shape index (κ1) is 17.6. The lowest BCUT2D eigenvalue weighted by Gasteiger charge is -2.36. The Morgan fingerprint density at radius 2 is 1.85 bits per heavy atom. The maximum Gasteiger partial charge on any atom is 0.321 e. The van der Waals surface area contributed by atoms with Gasteiger partial charge in [-0.2, -0.15) is 0 Å². The Kier molecular flexibility index (Phi) is 4.86. The van der Waals surface area contributed by atoms with Crippen LogP contribution in [0.3, 0.4) is 0 Å². The van der Waals surface area contributed by atoms with Gasteiger partial charge in [-0.25, -0.2) is 4.79 Å². The summed E-state index contributed by atoms with van der Waals surface area (Å²) >= 11 is 5.98. The zero-order valence-corrected chi connectivity index (χ0v) is 15.9. The van der Waals surface area contributed by atoms with Crippen molar-refractivity contribution >= 4 is 39.9 Å². The normalized spacial score (nSPS) is 14.4. The van der Waals surface area contributed by atoms with Crippen molar-refractivity contribution in [1.82, 2.24) is 9.88 Å². The van der Waals surface area contributed by atoms with E-state index in [0.717, 1.165) is 40.9 Å². The van der Waals surface area contributed by atoms with Crippen LogP contribution in [0.15, 0.2) is 54.7 Å². The third-order valence-electron chi connectivity index (χ3n) is 4.95. The number of aromatic nitrogens is 1. The Morgan fingerprint density at radius 3 is 2.63 bits per heavy atom. The second kappa shape index (κ2) is 7.45. The highest BCUT2D eigenvalue weighted by molar-refractivity contribution is 6.30. The average molecular weight is 381 g/mol. The lowest BCUT2D eigenvalue weighted by molar-refractivity contribution is 0.208. The molecule has 1 saturated heterocycles. The fourth-order valence-electron chi connectivity index (χ4n) is 3.46. The number of carbonyl (C=O) groups excluding carboxylic acids is 1. The number of carbonyl (C=O) groups is 1. The van der Waals surface area contributed by atoms with E-state index in [2.05, 4.69) is 39.5 Å². The minimum atomic E-state index is -0.0730. The van der Waals surface area contributed by atoms with Gasteiger partial charge in [-0.1, -0.05) is 29.8 Å². The molecule has 0 radical (unpaired) electrons. The van der Waals surface area contributed by atoms with Crippen molar-refractivity contribution in [3.63, 3.8) is 0 Å². The SMILES string of the molecule is Cc1cc(Cl)ccc1NC(=O)N1CCN(c2cccc3cccnc23)CC1. The number of fused-ring (bicyclic) bond motifs is 1. The van der Waals surface area contributed by atoms with Gasteiger partial charge in [0.2, 0.25) is 0 Å². The van der Waals surface area contributed by atoms with Crippen molar-refractivity contribution in [3.8, 4) is 0 Å². The second-order valence-electron chi connectivity index (χ2n) is 6.72. The Balaban J connectivity index is 1.43. The number of nitrogens with one attached hydrogen (secondary N) is 1. The number of benzene rings is 2. The molecular weight excluding hydrogens is 360 g/mol. The van der Waals surface area contributed by atoms with Crippen LogP contribution in [0.2, 0.25) is 5.02 Å². The van der Waals surface area contributed by atoms with Crippen LogP contribution in [0.1, 0.15) is 5.56 Å². The molecule has 4 rings (SSSR count). The second-order valence-corrected chi connectivity index (χ2v) is 7.15. The van der Waals surface area contributed by atoms with Crippen molar-refractivity contribution in [2.75, 3.05) is 36.4 Å². The number of aryl methyl sites for hydroxylation is 1. The van der Waals surface area contributed by atoms with Crippen LogP contribution >= 0.6 is 11.6 Å². The topological polar surface area (TPSA) is 48.5 Å². The predicted molar refractivity (Wildman–Crippen MR) is 111 cm³/mol. The van der Waals surface area contributed by atoms with Crippen molar-refractivity contribution in [2.24, 2.45) is 0 Å². The molecule has 2 amide bonds. The molecule has 0 saturated carbocycles. The van der Waals surface area contributed by atoms with E-state index in [-0.39, 0.29) is 6.03 Å². The van der Waals surface area contributed by atoms with E-state index in [9.17, 15) is 4.79 Å². The molecule has 0 bridgehead atoms. The smallest absolute Gasteiger partial charge is 0.321 e. The molecular formula is C21H21ClN4O. The molecule has 1 aliphatic rings. The van der Waals surface area contributed by atoms with Gasteiger partial charge in [-0.3, -0.25) is 4.98 Å². The molecule has 0 unspecified atom stereocenters. The first-order valence-corrected chi connectivity index (χ1v) is 9.40. The summed E-state index contributed by atoms with van der Waals surface area (Å²) in [5, 5.41) is 4.79. The summed E-state index contributed by atoms with van der Waals surface area (Å²) in [5.41, 5.74) is 3.89. The molecule has 3 aromatic rings. The molecule has 1 aromatic heterocycles. The highest BCUT2D eigenvalue weighted by atomic mass is 35.5. The highest BCUT2D eigenvalue weighted by Gasteiger charge is 2.22. The number of nitrogens with zero attached hydrogens (tertiary/aromatic N) is 3. The van der Waals surface area contributed by atoms with Crippen LogP contribution in [0.4, 0.5) is 16.2 Å². The van der Waals surface area contributed by atoms with Crippen molar-refractivity contribution in [2.45, 2.75) is 6.92 Å². The van der Waals surface area contributed by atoms with Crippen LogP contribution in [0, 0.1) is 6.92 Å². The Labute approximate surface area is 163 Å². The zero-order chi connectivity index (χ0) is 18.8. The Hall–Kier alpha value is -2.79. The molecule has 0 atom stereocenters. The van der Waals surface area contributed by atoms with Crippen LogP contribution in [-0.2, 0) is 0 Å². The molecule has 0 aliphatic carbocycles. The number of amides is 2. The van der Waals surface area contributed by atoms with Crippen molar-refractivity contribution in [3.05, 3.63) is 65.3 Å². The molecule has 27 heavy (non-hydrogen) atoms. The summed E-state index contributed by atoms with van der Waals surface area (Å²) < 4.78 is 0.